The average Bonchev–Trinajstić information content (AvgIpc) is 3.13. The summed E-state index contributed by atoms with van der Waals surface area (Å²) in [5.41, 5.74) is 4.85. The van der Waals surface area contributed by atoms with E-state index in [-0.39, 0.29) is 17.6 Å². The first-order valence-corrected chi connectivity index (χ1v) is 9.35. The van der Waals surface area contributed by atoms with E-state index in [0.29, 0.717) is 28.2 Å². The van der Waals surface area contributed by atoms with Crippen molar-refractivity contribution >= 4 is 17.5 Å². The van der Waals surface area contributed by atoms with Crippen LogP contribution >= 0.6 is 0 Å². The third kappa shape index (κ3) is 3.69. The fourth-order valence-corrected chi connectivity index (χ4v) is 3.43. The highest BCUT2D eigenvalue weighted by atomic mass is 19.1. The lowest BCUT2D eigenvalue weighted by atomic mass is 10.0. The molecule has 0 saturated carbocycles. The van der Waals surface area contributed by atoms with Gasteiger partial charge in [0.1, 0.15) is 17.8 Å². The molecule has 4 aromatic rings. The zero-order chi connectivity index (χ0) is 21.3. The normalized spacial score (nSPS) is 10.8. The lowest BCUT2D eigenvalue weighted by Crippen LogP contribution is -2.23. The van der Waals surface area contributed by atoms with Crippen LogP contribution in [0.2, 0.25) is 0 Å². The highest BCUT2D eigenvalue weighted by Gasteiger charge is 2.28. The molecule has 0 fully saturated rings. The summed E-state index contributed by atoms with van der Waals surface area (Å²) in [7, 11) is 0. The number of hydrogen-bond acceptors (Lipinski definition) is 5. The summed E-state index contributed by atoms with van der Waals surface area (Å²) in [4.78, 5) is 22.5. The molecule has 1 amide bonds. The molecule has 2 aromatic heterocycles. The molecule has 0 N–H and O–H groups in total. The molecule has 2 heterocycles. The SMILES string of the molecule is CC(=O)N(c1cc(C)cc(C)c1)c1onc(-c2ccc(F)cc2)c1-c1ccncn1. The summed E-state index contributed by atoms with van der Waals surface area (Å²) in [5.74, 6) is -0.353. The lowest BCUT2D eigenvalue weighted by Gasteiger charge is -2.20. The summed E-state index contributed by atoms with van der Waals surface area (Å²) < 4.78 is 19.1. The third-order valence-corrected chi connectivity index (χ3v) is 4.61. The number of carbonyl (C=O) groups excluding carboxylic acids is 1. The van der Waals surface area contributed by atoms with Gasteiger partial charge >= 0.3 is 0 Å². The minimum absolute atomic E-state index is 0.239. The Morgan fingerprint density at radius 3 is 2.33 bits per heavy atom. The molecule has 150 valence electrons. The number of aromatic nitrogens is 3. The van der Waals surface area contributed by atoms with Gasteiger partial charge in [0.05, 0.1) is 16.9 Å². The maximum absolute atomic E-state index is 13.4. The molecule has 0 aliphatic rings. The molecule has 0 aliphatic heterocycles. The van der Waals surface area contributed by atoms with Crippen molar-refractivity contribution in [2.45, 2.75) is 20.8 Å². The van der Waals surface area contributed by atoms with Crippen molar-refractivity contribution in [3.63, 3.8) is 0 Å². The van der Waals surface area contributed by atoms with Crippen LogP contribution < -0.4 is 4.90 Å². The highest BCUT2D eigenvalue weighted by Crippen LogP contribution is 2.41. The maximum atomic E-state index is 13.4. The number of benzene rings is 2. The number of hydrogen-bond donors (Lipinski definition) is 0. The van der Waals surface area contributed by atoms with Crippen LogP contribution in [0.3, 0.4) is 0 Å². The minimum Gasteiger partial charge on any atom is -0.336 e. The van der Waals surface area contributed by atoms with Crippen molar-refractivity contribution in [3.8, 4) is 22.5 Å². The Morgan fingerprint density at radius 1 is 1.03 bits per heavy atom. The summed E-state index contributed by atoms with van der Waals surface area (Å²) >= 11 is 0. The fraction of sp³-hybridized carbons (Fsp3) is 0.130. The van der Waals surface area contributed by atoms with Crippen LogP contribution in [-0.2, 0) is 4.79 Å². The monoisotopic (exact) mass is 402 g/mol. The first-order chi connectivity index (χ1) is 14.4. The van der Waals surface area contributed by atoms with Gasteiger partial charge < -0.3 is 4.52 Å². The van der Waals surface area contributed by atoms with Gasteiger partial charge in [-0.3, -0.25) is 4.79 Å². The Bertz CT molecular complexity index is 1180. The van der Waals surface area contributed by atoms with Gasteiger partial charge in [-0.1, -0.05) is 11.2 Å². The molecule has 0 spiro atoms. The molecule has 30 heavy (non-hydrogen) atoms. The van der Waals surface area contributed by atoms with Crippen molar-refractivity contribution < 1.29 is 13.7 Å². The van der Waals surface area contributed by atoms with Crippen LogP contribution in [0.5, 0.6) is 0 Å². The summed E-state index contributed by atoms with van der Waals surface area (Å²) in [6.45, 7) is 5.39. The van der Waals surface area contributed by atoms with E-state index in [1.807, 2.05) is 32.0 Å². The van der Waals surface area contributed by atoms with Gasteiger partial charge in [0.15, 0.2) is 0 Å². The second-order valence-electron chi connectivity index (χ2n) is 7.01. The number of anilines is 2. The van der Waals surface area contributed by atoms with E-state index in [1.165, 1.54) is 30.3 Å². The van der Waals surface area contributed by atoms with Crippen LogP contribution in [0.1, 0.15) is 18.1 Å². The molecule has 4 rings (SSSR count). The topological polar surface area (TPSA) is 72.1 Å². The Labute approximate surface area is 173 Å². The van der Waals surface area contributed by atoms with E-state index < -0.39 is 0 Å². The molecule has 2 aromatic carbocycles. The molecule has 0 aliphatic carbocycles. The van der Waals surface area contributed by atoms with Gasteiger partial charge in [-0.2, -0.15) is 0 Å². The van der Waals surface area contributed by atoms with Crippen LogP contribution in [0.25, 0.3) is 22.5 Å². The van der Waals surface area contributed by atoms with Gasteiger partial charge in [0, 0.05) is 18.7 Å². The van der Waals surface area contributed by atoms with Crippen molar-refractivity contribution in [1.29, 1.82) is 0 Å². The van der Waals surface area contributed by atoms with Crippen LogP contribution in [0.4, 0.5) is 16.0 Å². The van der Waals surface area contributed by atoms with E-state index in [0.717, 1.165) is 11.1 Å². The van der Waals surface area contributed by atoms with Crippen LogP contribution in [0, 0.1) is 19.7 Å². The number of rotatable bonds is 4. The molecular weight excluding hydrogens is 383 g/mol. The van der Waals surface area contributed by atoms with E-state index in [9.17, 15) is 9.18 Å². The smallest absolute Gasteiger partial charge is 0.248 e. The second-order valence-corrected chi connectivity index (χ2v) is 7.01. The van der Waals surface area contributed by atoms with Gasteiger partial charge in [0.2, 0.25) is 11.8 Å². The molecule has 0 atom stereocenters. The average molecular weight is 402 g/mol. The minimum atomic E-state index is -0.355. The lowest BCUT2D eigenvalue weighted by molar-refractivity contribution is -0.116. The van der Waals surface area contributed by atoms with Crippen molar-refractivity contribution in [2.24, 2.45) is 0 Å². The van der Waals surface area contributed by atoms with Gasteiger partial charge in [0.25, 0.3) is 0 Å². The first-order valence-electron chi connectivity index (χ1n) is 9.35. The molecule has 0 bridgehead atoms. The number of amides is 1. The third-order valence-electron chi connectivity index (χ3n) is 4.61. The van der Waals surface area contributed by atoms with Crippen LogP contribution in [-0.4, -0.2) is 21.0 Å². The van der Waals surface area contributed by atoms with E-state index in [4.69, 9.17) is 4.52 Å². The first kappa shape index (κ1) is 19.4. The number of nitrogens with zero attached hydrogens (tertiary/aromatic N) is 4. The largest absolute Gasteiger partial charge is 0.336 e. The number of aryl methyl sites for hydroxylation is 2. The molecular formula is C23H19FN4O2. The summed E-state index contributed by atoms with van der Waals surface area (Å²) in [6.07, 6.45) is 3.01. The predicted molar refractivity (Wildman–Crippen MR) is 112 cm³/mol. The molecule has 0 radical (unpaired) electrons. The van der Waals surface area contributed by atoms with E-state index in [1.54, 1.807) is 24.4 Å². The van der Waals surface area contributed by atoms with Gasteiger partial charge in [-0.25, -0.2) is 19.3 Å². The van der Waals surface area contributed by atoms with Crippen molar-refractivity contribution in [2.75, 3.05) is 4.90 Å². The van der Waals surface area contributed by atoms with Gasteiger partial charge in [-0.05, 0) is 67.4 Å². The fourth-order valence-electron chi connectivity index (χ4n) is 3.43. The quantitative estimate of drug-likeness (QED) is 0.467. The summed E-state index contributed by atoms with van der Waals surface area (Å²) in [6, 6.07) is 13.4. The Balaban J connectivity index is 1.96. The van der Waals surface area contributed by atoms with Gasteiger partial charge in [-0.15, -0.1) is 0 Å². The zero-order valence-electron chi connectivity index (χ0n) is 16.8. The van der Waals surface area contributed by atoms with Crippen molar-refractivity contribution in [1.82, 2.24) is 15.1 Å². The summed E-state index contributed by atoms with van der Waals surface area (Å²) in [5, 5.41) is 4.21. The number of halogens is 1. The Kier molecular flexibility index (Phi) is 5.10. The van der Waals surface area contributed by atoms with Crippen LogP contribution in [0.15, 0.2) is 65.6 Å². The van der Waals surface area contributed by atoms with E-state index >= 15 is 0 Å². The standard InChI is InChI=1S/C23H19FN4O2/c1-14-10-15(2)12-19(11-14)28(16(3)29)23-21(20-8-9-25-13-26-20)22(27-30-23)17-4-6-18(24)7-5-17/h4-13H,1-3H3. The Morgan fingerprint density at radius 2 is 1.73 bits per heavy atom. The zero-order valence-corrected chi connectivity index (χ0v) is 16.8. The highest BCUT2D eigenvalue weighted by molar-refractivity contribution is 6.03. The molecule has 6 nitrogen and oxygen atoms in total. The predicted octanol–water partition coefficient (Wildman–Crippen LogP) is 5.24. The van der Waals surface area contributed by atoms with Crippen molar-refractivity contribution in [3.05, 3.63) is 78.0 Å². The van der Waals surface area contributed by atoms with E-state index in [2.05, 4.69) is 15.1 Å². The number of carbonyl (C=O) groups is 1. The maximum Gasteiger partial charge on any atom is 0.248 e. The molecule has 0 unspecified atom stereocenters. The molecule has 0 saturated heterocycles. The second kappa shape index (κ2) is 7.87. The molecule has 7 heteroatoms. The Hall–Kier alpha value is -3.87.